The summed E-state index contributed by atoms with van der Waals surface area (Å²) in [6, 6.07) is 6.06. The van der Waals surface area contributed by atoms with Crippen LogP contribution < -0.4 is 5.32 Å². The third-order valence-corrected chi connectivity index (χ3v) is 4.67. The van der Waals surface area contributed by atoms with Crippen molar-refractivity contribution >= 4 is 12.0 Å². The molecule has 0 saturated carbocycles. The van der Waals surface area contributed by atoms with E-state index in [-0.39, 0.29) is 12.0 Å². The van der Waals surface area contributed by atoms with Crippen molar-refractivity contribution in [1.82, 2.24) is 15.1 Å². The lowest BCUT2D eigenvalue weighted by Crippen LogP contribution is -2.48. The van der Waals surface area contributed by atoms with Gasteiger partial charge in [-0.05, 0) is 44.5 Å². The average molecular weight is 375 g/mol. The topological polar surface area (TPSA) is 71.1 Å². The van der Waals surface area contributed by atoms with Crippen LogP contribution in [-0.4, -0.2) is 60.2 Å². The molecule has 7 nitrogen and oxygen atoms in total. The van der Waals surface area contributed by atoms with Gasteiger partial charge in [0, 0.05) is 32.7 Å². The summed E-state index contributed by atoms with van der Waals surface area (Å²) >= 11 is 0. The largest absolute Gasteiger partial charge is 0.444 e. The zero-order chi connectivity index (χ0) is 19.6. The van der Waals surface area contributed by atoms with Crippen molar-refractivity contribution in [3.05, 3.63) is 34.9 Å². The fraction of sp³-hybridized carbons (Fsp3) is 0.600. The lowest BCUT2D eigenvalue weighted by Gasteiger charge is -2.29. The number of hydrogen-bond donors (Lipinski definition) is 1. The Morgan fingerprint density at radius 2 is 2.00 bits per heavy atom. The van der Waals surface area contributed by atoms with Gasteiger partial charge in [0.1, 0.15) is 11.7 Å². The van der Waals surface area contributed by atoms with Crippen molar-refractivity contribution in [3.63, 3.8) is 0 Å². The second-order valence-corrected chi connectivity index (χ2v) is 8.28. The molecular formula is C20H29N3O4. The van der Waals surface area contributed by atoms with E-state index in [1.165, 1.54) is 0 Å². The molecule has 1 aromatic carbocycles. The van der Waals surface area contributed by atoms with Crippen molar-refractivity contribution in [3.8, 4) is 0 Å². The molecular weight excluding hydrogens is 346 g/mol. The highest BCUT2D eigenvalue weighted by atomic mass is 16.6. The van der Waals surface area contributed by atoms with Gasteiger partial charge >= 0.3 is 6.09 Å². The summed E-state index contributed by atoms with van der Waals surface area (Å²) in [6.07, 6.45) is -0.715. The first-order chi connectivity index (χ1) is 12.7. The number of likely N-dealkylation sites (N-methyl/N-ethyl adjacent to an activating group) is 1. The minimum Gasteiger partial charge on any atom is -0.444 e. The zero-order valence-electron chi connectivity index (χ0n) is 16.6. The van der Waals surface area contributed by atoms with Gasteiger partial charge in [0.05, 0.1) is 6.61 Å². The third kappa shape index (κ3) is 5.20. The maximum absolute atomic E-state index is 12.3. The number of carbonyl (C=O) groups is 2. The van der Waals surface area contributed by atoms with Crippen molar-refractivity contribution in [2.24, 2.45) is 0 Å². The van der Waals surface area contributed by atoms with Crippen LogP contribution in [0.2, 0.25) is 0 Å². The van der Waals surface area contributed by atoms with Crippen LogP contribution in [0.5, 0.6) is 0 Å². The number of nitrogens with zero attached hydrogens (tertiary/aromatic N) is 2. The fourth-order valence-corrected chi connectivity index (χ4v) is 3.25. The molecule has 7 heteroatoms. The number of hydrogen-bond acceptors (Lipinski definition) is 5. The molecule has 0 radical (unpaired) electrons. The molecule has 2 aliphatic rings. The maximum Gasteiger partial charge on any atom is 0.410 e. The molecule has 0 bridgehead atoms. The van der Waals surface area contributed by atoms with Gasteiger partial charge in [-0.25, -0.2) is 4.79 Å². The van der Waals surface area contributed by atoms with Crippen LogP contribution in [-0.2, 0) is 33.9 Å². The predicted molar refractivity (Wildman–Crippen MR) is 101 cm³/mol. The number of morpholine rings is 1. The van der Waals surface area contributed by atoms with Crippen LogP contribution >= 0.6 is 0 Å². The third-order valence-electron chi connectivity index (χ3n) is 4.67. The molecule has 0 aliphatic carbocycles. The van der Waals surface area contributed by atoms with Gasteiger partial charge in [-0.2, -0.15) is 0 Å². The first kappa shape index (κ1) is 19.6. The summed E-state index contributed by atoms with van der Waals surface area (Å²) in [4.78, 5) is 28.3. The first-order valence-corrected chi connectivity index (χ1v) is 9.38. The van der Waals surface area contributed by atoms with Crippen LogP contribution in [0.3, 0.4) is 0 Å². The Morgan fingerprint density at radius 1 is 1.26 bits per heavy atom. The minimum absolute atomic E-state index is 0.0857. The van der Waals surface area contributed by atoms with Crippen LogP contribution in [0.25, 0.3) is 0 Å². The average Bonchev–Trinajstić information content (AvgIpc) is 3.01. The molecule has 1 N–H and O–H groups in total. The molecule has 0 spiro atoms. The van der Waals surface area contributed by atoms with Crippen molar-refractivity contribution < 1.29 is 19.1 Å². The van der Waals surface area contributed by atoms with Crippen LogP contribution in [0.15, 0.2) is 18.2 Å². The van der Waals surface area contributed by atoms with Gasteiger partial charge in [0.15, 0.2) is 0 Å². The van der Waals surface area contributed by atoms with Gasteiger partial charge in [0.25, 0.3) is 5.91 Å². The molecule has 1 atom stereocenters. The second kappa shape index (κ2) is 7.86. The molecule has 3 rings (SSSR count). The zero-order valence-corrected chi connectivity index (χ0v) is 16.6. The summed E-state index contributed by atoms with van der Waals surface area (Å²) in [7, 11) is 1.99. The van der Waals surface area contributed by atoms with E-state index in [1.54, 1.807) is 4.90 Å². The van der Waals surface area contributed by atoms with E-state index in [0.29, 0.717) is 32.8 Å². The number of benzene rings is 1. The SMILES string of the molecule is CN1CCOC(C(=O)NCc2ccc3c(c2)CN(C(=O)OC(C)(C)C)C3)C1. The summed E-state index contributed by atoms with van der Waals surface area (Å²) in [5, 5.41) is 2.95. The molecule has 1 aromatic rings. The fourth-order valence-electron chi connectivity index (χ4n) is 3.25. The lowest BCUT2D eigenvalue weighted by molar-refractivity contribution is -0.138. The molecule has 2 heterocycles. The standard InChI is InChI=1S/C20H29N3O4/c1-20(2,3)27-19(25)23-11-15-6-5-14(9-16(15)12-23)10-21-18(24)17-13-22(4)7-8-26-17/h5-6,9,17H,7-8,10-13H2,1-4H3,(H,21,24). The number of nitrogens with one attached hydrogen (secondary N) is 1. The second-order valence-electron chi connectivity index (χ2n) is 8.28. The molecule has 1 saturated heterocycles. The Labute approximate surface area is 160 Å². The Bertz CT molecular complexity index is 714. The minimum atomic E-state index is -0.503. The van der Waals surface area contributed by atoms with Crippen LogP contribution in [0, 0.1) is 0 Å². The molecule has 1 unspecified atom stereocenters. The smallest absolute Gasteiger partial charge is 0.410 e. The Hall–Kier alpha value is -2.12. The number of ether oxygens (including phenoxy) is 2. The molecule has 148 valence electrons. The molecule has 27 heavy (non-hydrogen) atoms. The molecule has 0 aromatic heterocycles. The monoisotopic (exact) mass is 375 g/mol. The Kier molecular flexibility index (Phi) is 5.72. The van der Waals surface area contributed by atoms with Gasteiger partial charge in [0.2, 0.25) is 0 Å². The Morgan fingerprint density at radius 3 is 2.70 bits per heavy atom. The van der Waals surface area contributed by atoms with E-state index >= 15 is 0 Å². The van der Waals surface area contributed by atoms with E-state index in [2.05, 4.69) is 10.2 Å². The van der Waals surface area contributed by atoms with Crippen molar-refractivity contribution in [1.29, 1.82) is 0 Å². The summed E-state index contributed by atoms with van der Waals surface area (Å²) < 4.78 is 11.0. The van der Waals surface area contributed by atoms with E-state index in [0.717, 1.165) is 23.2 Å². The molecule has 2 amide bonds. The number of rotatable bonds is 3. The van der Waals surface area contributed by atoms with E-state index in [1.807, 2.05) is 46.0 Å². The molecule has 1 fully saturated rings. The van der Waals surface area contributed by atoms with E-state index < -0.39 is 11.7 Å². The van der Waals surface area contributed by atoms with Gasteiger partial charge in [-0.1, -0.05) is 18.2 Å². The number of fused-ring (bicyclic) bond motifs is 1. The maximum atomic E-state index is 12.3. The number of carbonyl (C=O) groups excluding carboxylic acids is 2. The van der Waals surface area contributed by atoms with Crippen molar-refractivity contribution in [2.45, 2.75) is 52.1 Å². The van der Waals surface area contributed by atoms with Gasteiger partial charge in [-0.15, -0.1) is 0 Å². The Balaban J connectivity index is 1.55. The van der Waals surface area contributed by atoms with Crippen LogP contribution in [0.4, 0.5) is 4.79 Å². The highest BCUT2D eigenvalue weighted by molar-refractivity contribution is 5.81. The lowest BCUT2D eigenvalue weighted by atomic mass is 10.1. The summed E-state index contributed by atoms with van der Waals surface area (Å²) in [6.45, 7) is 9.16. The molecule has 2 aliphatic heterocycles. The summed E-state index contributed by atoms with van der Waals surface area (Å²) in [5.41, 5.74) is 2.73. The first-order valence-electron chi connectivity index (χ1n) is 9.38. The quantitative estimate of drug-likeness (QED) is 0.874. The predicted octanol–water partition coefficient (Wildman–Crippen LogP) is 1.88. The van der Waals surface area contributed by atoms with Crippen molar-refractivity contribution in [2.75, 3.05) is 26.7 Å². The highest BCUT2D eigenvalue weighted by Crippen LogP contribution is 2.25. The van der Waals surface area contributed by atoms with Gasteiger partial charge in [-0.3, -0.25) is 9.69 Å². The van der Waals surface area contributed by atoms with E-state index in [4.69, 9.17) is 9.47 Å². The number of amides is 2. The highest BCUT2D eigenvalue weighted by Gasteiger charge is 2.28. The van der Waals surface area contributed by atoms with Crippen LogP contribution in [0.1, 0.15) is 37.5 Å². The van der Waals surface area contributed by atoms with E-state index in [9.17, 15) is 9.59 Å². The van der Waals surface area contributed by atoms with Gasteiger partial charge < -0.3 is 19.7 Å². The normalized spacial score (nSPS) is 20.3. The summed E-state index contributed by atoms with van der Waals surface area (Å²) in [5.74, 6) is -0.0857.